The largest absolute Gasteiger partial charge is 0.482 e. The molecule has 4 nitrogen and oxygen atoms in total. The molecule has 2 aromatic carbocycles. The van der Waals surface area contributed by atoms with Crippen molar-refractivity contribution in [1.82, 2.24) is 4.90 Å². The van der Waals surface area contributed by atoms with Gasteiger partial charge in [-0.2, -0.15) is 13.2 Å². The highest BCUT2D eigenvalue weighted by Crippen LogP contribution is 2.37. The summed E-state index contributed by atoms with van der Waals surface area (Å²) in [7, 11) is 0. The Morgan fingerprint density at radius 1 is 0.917 bits per heavy atom. The second kappa shape index (κ2) is 12.3. The van der Waals surface area contributed by atoms with Gasteiger partial charge >= 0.3 is 6.18 Å². The van der Waals surface area contributed by atoms with Gasteiger partial charge in [-0.3, -0.25) is 4.90 Å². The molecule has 1 unspecified atom stereocenters. The summed E-state index contributed by atoms with van der Waals surface area (Å²) in [5.74, 6) is 0.187. The first-order valence-corrected chi connectivity index (χ1v) is 13.0. The predicted octanol–water partition coefficient (Wildman–Crippen LogP) is 6.00. The van der Waals surface area contributed by atoms with E-state index in [9.17, 15) is 22.7 Å². The van der Waals surface area contributed by atoms with Gasteiger partial charge in [0.2, 0.25) is 0 Å². The number of hydrogen-bond acceptors (Lipinski definition) is 4. The number of aliphatic hydroxyl groups excluding tert-OH is 1. The molecule has 2 atom stereocenters. The van der Waals surface area contributed by atoms with Gasteiger partial charge in [-0.05, 0) is 48.9 Å². The second-order valence-electron chi connectivity index (χ2n) is 10.00. The van der Waals surface area contributed by atoms with E-state index >= 15 is 0 Å². The van der Waals surface area contributed by atoms with Crippen molar-refractivity contribution in [2.75, 3.05) is 44.3 Å². The maximum Gasteiger partial charge on any atom is 0.422 e. The van der Waals surface area contributed by atoms with Crippen LogP contribution in [0.3, 0.4) is 0 Å². The van der Waals surface area contributed by atoms with Gasteiger partial charge in [-0.15, -0.1) is 0 Å². The Labute approximate surface area is 210 Å². The first kappa shape index (κ1) is 26.7. The van der Waals surface area contributed by atoms with Crippen LogP contribution in [-0.4, -0.2) is 61.6 Å². The Morgan fingerprint density at radius 3 is 2.25 bits per heavy atom. The van der Waals surface area contributed by atoms with Gasteiger partial charge in [0.1, 0.15) is 11.6 Å². The minimum atomic E-state index is -4.39. The van der Waals surface area contributed by atoms with Crippen LogP contribution < -0.4 is 9.64 Å². The van der Waals surface area contributed by atoms with Crippen LogP contribution in [0.1, 0.15) is 50.0 Å². The third kappa shape index (κ3) is 6.91. The van der Waals surface area contributed by atoms with Crippen LogP contribution in [0.4, 0.5) is 23.2 Å². The van der Waals surface area contributed by atoms with E-state index in [0.29, 0.717) is 36.7 Å². The Kier molecular flexibility index (Phi) is 9.12. The fourth-order valence-electron chi connectivity index (χ4n) is 5.85. The molecule has 2 aliphatic rings. The number of nitrogens with zero attached hydrogens (tertiary/aromatic N) is 2. The molecule has 0 aromatic heterocycles. The van der Waals surface area contributed by atoms with Gasteiger partial charge in [0.05, 0.1) is 12.3 Å². The molecule has 1 saturated carbocycles. The van der Waals surface area contributed by atoms with Crippen LogP contribution in [-0.2, 0) is 0 Å². The van der Waals surface area contributed by atoms with E-state index in [1.807, 2.05) is 12.1 Å². The molecule has 0 bridgehead atoms. The molecular formula is C28H36F4N2O2. The van der Waals surface area contributed by atoms with Gasteiger partial charge in [0, 0.05) is 38.1 Å². The van der Waals surface area contributed by atoms with Crippen molar-refractivity contribution >= 4 is 5.69 Å². The average molecular weight is 509 g/mol. The molecule has 1 heterocycles. The summed E-state index contributed by atoms with van der Waals surface area (Å²) in [6.07, 6.45) is 2.18. The molecule has 0 amide bonds. The number of piperazine rings is 1. The topological polar surface area (TPSA) is 35.9 Å². The Bertz CT molecular complexity index is 957. The SMILES string of the molecule is OC[C@@H](CC(C1CCCCC1)N1CCN(c2ccccc2OCC(F)(F)F)CC1)c1ccccc1F. The van der Waals surface area contributed by atoms with Gasteiger partial charge in [0.25, 0.3) is 0 Å². The highest BCUT2D eigenvalue weighted by atomic mass is 19.4. The summed E-state index contributed by atoms with van der Waals surface area (Å²) in [5.41, 5.74) is 1.24. The molecule has 198 valence electrons. The summed E-state index contributed by atoms with van der Waals surface area (Å²) in [6.45, 7) is 1.42. The van der Waals surface area contributed by atoms with Crippen molar-refractivity contribution in [3.05, 3.63) is 59.9 Å². The van der Waals surface area contributed by atoms with E-state index in [0.717, 1.165) is 25.9 Å². The Hall–Kier alpha value is -2.32. The standard InChI is InChI=1S/C28H36F4N2O2/c29-24-11-5-4-10-23(24)22(19-35)18-26(21-8-2-1-3-9-21)34-16-14-33(15-17-34)25-12-6-7-13-27(25)36-20-28(30,31)32/h4-7,10-13,21-22,26,35H,1-3,8-9,14-20H2/t22-,26?/m1/s1. The van der Waals surface area contributed by atoms with Crippen LogP contribution in [0.5, 0.6) is 5.75 Å². The molecular weight excluding hydrogens is 472 g/mol. The maximum absolute atomic E-state index is 14.6. The van der Waals surface area contributed by atoms with Gasteiger partial charge in [0.15, 0.2) is 6.61 Å². The smallest absolute Gasteiger partial charge is 0.422 e. The van der Waals surface area contributed by atoms with Crippen LogP contribution in [0.15, 0.2) is 48.5 Å². The summed E-state index contributed by atoms with van der Waals surface area (Å²) in [4.78, 5) is 4.54. The van der Waals surface area contributed by atoms with E-state index in [-0.39, 0.29) is 30.1 Å². The molecule has 8 heteroatoms. The molecule has 2 fully saturated rings. The fourth-order valence-corrected chi connectivity index (χ4v) is 5.85. The molecule has 0 radical (unpaired) electrons. The lowest BCUT2D eigenvalue weighted by atomic mass is 9.78. The number of anilines is 1. The molecule has 1 N–H and O–H groups in total. The zero-order valence-corrected chi connectivity index (χ0v) is 20.6. The third-order valence-electron chi connectivity index (χ3n) is 7.67. The maximum atomic E-state index is 14.6. The van der Waals surface area contributed by atoms with E-state index in [1.54, 1.807) is 30.3 Å². The summed E-state index contributed by atoms with van der Waals surface area (Å²) < 4.78 is 57.8. The quantitative estimate of drug-likeness (QED) is 0.421. The average Bonchev–Trinajstić information content (AvgIpc) is 2.89. The number of benzene rings is 2. The Morgan fingerprint density at radius 2 is 1.58 bits per heavy atom. The van der Waals surface area contributed by atoms with Crippen molar-refractivity contribution in [3.63, 3.8) is 0 Å². The minimum absolute atomic E-state index is 0.103. The predicted molar refractivity (Wildman–Crippen MR) is 133 cm³/mol. The van der Waals surface area contributed by atoms with E-state index in [2.05, 4.69) is 9.80 Å². The molecule has 36 heavy (non-hydrogen) atoms. The number of halogens is 4. The van der Waals surface area contributed by atoms with Gasteiger partial charge in [-0.1, -0.05) is 49.6 Å². The van der Waals surface area contributed by atoms with Crippen LogP contribution in [0, 0.1) is 11.7 Å². The van der Waals surface area contributed by atoms with Crippen molar-refractivity contribution in [1.29, 1.82) is 0 Å². The summed E-state index contributed by atoms with van der Waals surface area (Å²) in [6, 6.07) is 13.8. The molecule has 0 spiro atoms. The number of rotatable bonds is 9. The number of para-hydroxylation sites is 2. The molecule has 2 aromatic rings. The molecule has 1 saturated heterocycles. The third-order valence-corrected chi connectivity index (χ3v) is 7.67. The highest BCUT2D eigenvalue weighted by Gasteiger charge is 2.34. The zero-order chi connectivity index (χ0) is 25.5. The van der Waals surface area contributed by atoms with Gasteiger partial charge < -0.3 is 14.7 Å². The highest BCUT2D eigenvalue weighted by molar-refractivity contribution is 5.58. The monoisotopic (exact) mass is 508 g/mol. The Balaban J connectivity index is 1.47. The van der Waals surface area contributed by atoms with E-state index in [1.165, 1.54) is 25.3 Å². The molecule has 1 aliphatic carbocycles. The number of alkyl halides is 3. The fraction of sp³-hybridized carbons (Fsp3) is 0.571. The second-order valence-corrected chi connectivity index (χ2v) is 10.00. The lowest BCUT2D eigenvalue weighted by Crippen LogP contribution is -2.53. The normalized spacial score (nSPS) is 19.8. The van der Waals surface area contributed by atoms with Crippen LogP contribution in [0.2, 0.25) is 0 Å². The first-order chi connectivity index (χ1) is 17.4. The van der Waals surface area contributed by atoms with Crippen LogP contribution >= 0.6 is 0 Å². The van der Waals surface area contributed by atoms with Crippen molar-refractivity contribution in [3.8, 4) is 5.75 Å². The summed E-state index contributed by atoms with van der Waals surface area (Å²) >= 11 is 0. The number of ether oxygens (including phenoxy) is 1. The molecule has 1 aliphatic heterocycles. The van der Waals surface area contributed by atoms with Crippen molar-refractivity contribution < 1.29 is 27.4 Å². The van der Waals surface area contributed by atoms with Crippen molar-refractivity contribution in [2.45, 2.75) is 56.7 Å². The lowest BCUT2D eigenvalue weighted by Gasteiger charge is -2.45. The minimum Gasteiger partial charge on any atom is -0.482 e. The van der Waals surface area contributed by atoms with E-state index < -0.39 is 12.8 Å². The summed E-state index contributed by atoms with van der Waals surface area (Å²) in [5, 5.41) is 10.2. The van der Waals surface area contributed by atoms with E-state index in [4.69, 9.17) is 4.74 Å². The van der Waals surface area contributed by atoms with Gasteiger partial charge in [-0.25, -0.2) is 4.39 Å². The number of aliphatic hydroxyl groups is 1. The first-order valence-electron chi connectivity index (χ1n) is 13.0. The molecule has 4 rings (SSSR count). The van der Waals surface area contributed by atoms with Crippen LogP contribution in [0.25, 0.3) is 0 Å². The lowest BCUT2D eigenvalue weighted by molar-refractivity contribution is -0.153. The number of hydrogen-bond donors (Lipinski definition) is 1. The van der Waals surface area contributed by atoms with Crippen molar-refractivity contribution in [2.24, 2.45) is 5.92 Å². The zero-order valence-electron chi connectivity index (χ0n) is 20.6.